The van der Waals surface area contributed by atoms with Crippen molar-refractivity contribution in [3.05, 3.63) is 0 Å². The standard InChI is InChI=1S/C18H35N/c1-16(2,3)11-15-7-8-18(12-15)9-10-19(14-18)13-17(4,5)6/h15H,7-14H2,1-6H3. The zero-order chi connectivity index (χ0) is 14.3. The zero-order valence-corrected chi connectivity index (χ0v) is 14.2. The molecule has 2 fully saturated rings. The van der Waals surface area contributed by atoms with Gasteiger partial charge in [-0.1, -0.05) is 41.5 Å². The molecule has 0 bridgehead atoms. The summed E-state index contributed by atoms with van der Waals surface area (Å²) in [5.41, 5.74) is 1.66. The van der Waals surface area contributed by atoms with Gasteiger partial charge in [-0.2, -0.15) is 0 Å². The van der Waals surface area contributed by atoms with Gasteiger partial charge in [-0.05, 0) is 60.8 Å². The normalized spacial score (nSPS) is 33.5. The molecule has 1 heteroatoms. The summed E-state index contributed by atoms with van der Waals surface area (Å²) in [7, 11) is 0. The highest BCUT2D eigenvalue weighted by molar-refractivity contribution is 4.97. The molecule has 2 atom stereocenters. The van der Waals surface area contributed by atoms with Crippen LogP contribution in [0.5, 0.6) is 0 Å². The van der Waals surface area contributed by atoms with E-state index in [-0.39, 0.29) is 0 Å². The van der Waals surface area contributed by atoms with E-state index in [9.17, 15) is 0 Å². The molecule has 2 rings (SSSR count). The van der Waals surface area contributed by atoms with Crippen LogP contribution < -0.4 is 0 Å². The highest BCUT2D eigenvalue weighted by atomic mass is 15.2. The number of hydrogen-bond donors (Lipinski definition) is 0. The van der Waals surface area contributed by atoms with Gasteiger partial charge in [0.2, 0.25) is 0 Å². The zero-order valence-electron chi connectivity index (χ0n) is 14.2. The van der Waals surface area contributed by atoms with E-state index in [0.717, 1.165) is 5.92 Å². The topological polar surface area (TPSA) is 3.24 Å². The van der Waals surface area contributed by atoms with Gasteiger partial charge in [-0.25, -0.2) is 0 Å². The first kappa shape index (κ1) is 15.4. The third-order valence-corrected chi connectivity index (χ3v) is 4.92. The lowest BCUT2D eigenvalue weighted by Gasteiger charge is -2.29. The van der Waals surface area contributed by atoms with E-state index in [0.29, 0.717) is 16.2 Å². The number of rotatable bonds is 2. The van der Waals surface area contributed by atoms with Crippen molar-refractivity contribution in [2.24, 2.45) is 22.2 Å². The van der Waals surface area contributed by atoms with Gasteiger partial charge >= 0.3 is 0 Å². The molecule has 0 aromatic heterocycles. The Morgan fingerprint density at radius 1 is 1.00 bits per heavy atom. The van der Waals surface area contributed by atoms with Crippen LogP contribution in [-0.4, -0.2) is 24.5 Å². The number of likely N-dealkylation sites (tertiary alicyclic amines) is 1. The first-order valence-electron chi connectivity index (χ1n) is 8.29. The molecule has 2 unspecified atom stereocenters. The van der Waals surface area contributed by atoms with Gasteiger partial charge in [0, 0.05) is 13.1 Å². The predicted molar refractivity (Wildman–Crippen MR) is 84.4 cm³/mol. The molecular weight excluding hydrogens is 230 g/mol. The van der Waals surface area contributed by atoms with Crippen LogP contribution in [0.2, 0.25) is 0 Å². The first-order valence-corrected chi connectivity index (χ1v) is 8.29. The number of nitrogens with zero attached hydrogens (tertiary/aromatic N) is 1. The summed E-state index contributed by atoms with van der Waals surface area (Å²) in [5, 5.41) is 0. The Morgan fingerprint density at radius 2 is 1.68 bits per heavy atom. The molecule has 1 spiro atoms. The maximum absolute atomic E-state index is 2.74. The minimum Gasteiger partial charge on any atom is -0.302 e. The highest BCUT2D eigenvalue weighted by Gasteiger charge is 2.44. The van der Waals surface area contributed by atoms with Crippen LogP contribution in [0.25, 0.3) is 0 Å². The fourth-order valence-corrected chi connectivity index (χ4v) is 4.57. The van der Waals surface area contributed by atoms with Crippen LogP contribution in [0.15, 0.2) is 0 Å². The Morgan fingerprint density at radius 3 is 2.26 bits per heavy atom. The average molecular weight is 265 g/mol. The van der Waals surface area contributed by atoms with Crippen molar-refractivity contribution < 1.29 is 0 Å². The second kappa shape index (κ2) is 5.06. The minimum absolute atomic E-state index is 0.453. The van der Waals surface area contributed by atoms with Gasteiger partial charge in [-0.3, -0.25) is 0 Å². The predicted octanol–water partition coefficient (Wildman–Crippen LogP) is 4.96. The van der Waals surface area contributed by atoms with Crippen molar-refractivity contribution in [1.82, 2.24) is 4.90 Å². The first-order chi connectivity index (χ1) is 8.57. The molecule has 0 radical (unpaired) electrons. The summed E-state index contributed by atoms with van der Waals surface area (Å²) >= 11 is 0. The number of hydrogen-bond acceptors (Lipinski definition) is 1. The molecule has 1 saturated carbocycles. The van der Waals surface area contributed by atoms with Crippen LogP contribution in [-0.2, 0) is 0 Å². The lowest BCUT2D eigenvalue weighted by Crippen LogP contribution is -2.32. The molecule has 1 heterocycles. The molecule has 0 aromatic carbocycles. The van der Waals surface area contributed by atoms with E-state index in [4.69, 9.17) is 0 Å². The SMILES string of the molecule is CC(C)(C)CC1CCC2(CCN(CC(C)(C)C)C2)C1. The van der Waals surface area contributed by atoms with Gasteiger partial charge in [0.05, 0.1) is 0 Å². The van der Waals surface area contributed by atoms with E-state index in [1.165, 1.54) is 51.7 Å². The Bertz CT molecular complexity index is 273. The molecule has 2 aliphatic rings. The van der Waals surface area contributed by atoms with Gasteiger partial charge in [0.25, 0.3) is 0 Å². The quantitative estimate of drug-likeness (QED) is 0.682. The Hall–Kier alpha value is -0.0400. The summed E-state index contributed by atoms with van der Waals surface area (Å²) in [4.78, 5) is 2.74. The Labute approximate surface area is 121 Å². The minimum atomic E-state index is 0.453. The summed E-state index contributed by atoms with van der Waals surface area (Å²) in [5.74, 6) is 0.995. The Balaban J connectivity index is 1.87. The summed E-state index contributed by atoms with van der Waals surface area (Å²) < 4.78 is 0. The fraction of sp³-hybridized carbons (Fsp3) is 1.00. The van der Waals surface area contributed by atoms with Crippen LogP contribution in [0.4, 0.5) is 0 Å². The second-order valence-corrected chi connectivity index (χ2v) is 9.89. The maximum Gasteiger partial charge on any atom is 0.00388 e. The van der Waals surface area contributed by atoms with Crippen molar-refractivity contribution in [2.75, 3.05) is 19.6 Å². The summed E-state index contributed by atoms with van der Waals surface area (Å²) in [6, 6.07) is 0. The lowest BCUT2D eigenvalue weighted by atomic mass is 9.80. The third-order valence-electron chi connectivity index (χ3n) is 4.92. The van der Waals surface area contributed by atoms with E-state index in [1.807, 2.05) is 0 Å². The summed E-state index contributed by atoms with van der Waals surface area (Å²) in [6.07, 6.45) is 7.37. The largest absolute Gasteiger partial charge is 0.302 e. The van der Waals surface area contributed by atoms with Crippen molar-refractivity contribution in [1.29, 1.82) is 0 Å². The van der Waals surface area contributed by atoms with Crippen molar-refractivity contribution >= 4 is 0 Å². The second-order valence-electron chi connectivity index (χ2n) is 9.89. The van der Waals surface area contributed by atoms with E-state index in [1.54, 1.807) is 0 Å². The smallest absolute Gasteiger partial charge is 0.00388 e. The van der Waals surface area contributed by atoms with E-state index in [2.05, 4.69) is 46.4 Å². The van der Waals surface area contributed by atoms with Gasteiger partial charge in [0.1, 0.15) is 0 Å². The fourth-order valence-electron chi connectivity index (χ4n) is 4.57. The molecular formula is C18H35N. The van der Waals surface area contributed by atoms with Crippen molar-refractivity contribution in [3.8, 4) is 0 Å². The molecule has 112 valence electrons. The lowest BCUT2D eigenvalue weighted by molar-refractivity contribution is 0.192. The van der Waals surface area contributed by atoms with E-state index < -0.39 is 0 Å². The van der Waals surface area contributed by atoms with Gasteiger partial charge in [0.15, 0.2) is 0 Å². The van der Waals surface area contributed by atoms with E-state index >= 15 is 0 Å². The molecule has 1 saturated heterocycles. The molecule has 1 nitrogen and oxygen atoms in total. The monoisotopic (exact) mass is 265 g/mol. The molecule has 1 aliphatic heterocycles. The maximum atomic E-state index is 2.74. The average Bonchev–Trinajstić information content (AvgIpc) is 2.70. The third kappa shape index (κ3) is 4.48. The molecule has 19 heavy (non-hydrogen) atoms. The Kier molecular flexibility index (Phi) is 4.09. The van der Waals surface area contributed by atoms with Gasteiger partial charge < -0.3 is 4.90 Å². The summed E-state index contributed by atoms with van der Waals surface area (Å²) in [6.45, 7) is 18.3. The van der Waals surface area contributed by atoms with Crippen LogP contribution >= 0.6 is 0 Å². The molecule has 0 amide bonds. The van der Waals surface area contributed by atoms with Gasteiger partial charge in [-0.15, -0.1) is 0 Å². The van der Waals surface area contributed by atoms with Crippen LogP contribution in [0.1, 0.15) is 73.6 Å². The highest BCUT2D eigenvalue weighted by Crippen LogP contribution is 2.51. The van der Waals surface area contributed by atoms with Crippen molar-refractivity contribution in [3.63, 3.8) is 0 Å². The van der Waals surface area contributed by atoms with Crippen molar-refractivity contribution in [2.45, 2.75) is 73.6 Å². The molecule has 1 aliphatic carbocycles. The van der Waals surface area contributed by atoms with Crippen LogP contribution in [0.3, 0.4) is 0 Å². The molecule has 0 aromatic rings. The van der Waals surface area contributed by atoms with Crippen LogP contribution in [0, 0.1) is 22.2 Å². The molecule has 0 N–H and O–H groups in total.